The molecule has 0 fully saturated rings. The van der Waals surface area contributed by atoms with Gasteiger partial charge in [0, 0.05) is 43.9 Å². The number of rotatable bonds is 6. The summed E-state index contributed by atoms with van der Waals surface area (Å²) < 4.78 is 0. The number of hydrogen-bond donors (Lipinski definition) is 2. The predicted octanol–water partition coefficient (Wildman–Crippen LogP) is 1.88. The Balaban J connectivity index is 1.81. The van der Waals surface area contributed by atoms with Crippen LogP contribution < -0.4 is 10.6 Å². The lowest BCUT2D eigenvalue weighted by Crippen LogP contribution is -2.45. The van der Waals surface area contributed by atoms with E-state index in [1.54, 1.807) is 0 Å². The lowest BCUT2D eigenvalue weighted by molar-refractivity contribution is -0.136. The molecule has 1 aromatic carbocycles. The van der Waals surface area contributed by atoms with Gasteiger partial charge in [0.2, 0.25) is 5.95 Å². The molecule has 0 aliphatic carbocycles. The number of nitrogen functional groups attached to an aromatic ring is 1. The lowest BCUT2D eigenvalue weighted by Gasteiger charge is -2.37. The number of anilines is 2. The van der Waals surface area contributed by atoms with Crippen molar-refractivity contribution in [1.29, 1.82) is 0 Å². The van der Waals surface area contributed by atoms with E-state index in [0.717, 1.165) is 36.6 Å². The number of nitrogens with zero attached hydrogens (tertiary/aromatic N) is 4. The SMILES string of the molecule is Cc1nc(N)nc(N(C)C[C@@H]2Cc3ccccc3CN2C)c1CCC(=O)O. The van der Waals surface area contributed by atoms with Crippen molar-refractivity contribution in [3.8, 4) is 0 Å². The quantitative estimate of drug-likeness (QED) is 0.802. The molecule has 0 saturated heterocycles. The van der Waals surface area contributed by atoms with Crippen LogP contribution in [0.1, 0.15) is 28.8 Å². The van der Waals surface area contributed by atoms with E-state index in [2.05, 4.69) is 51.1 Å². The Morgan fingerprint density at radius 3 is 2.74 bits per heavy atom. The second-order valence-electron chi connectivity index (χ2n) is 7.29. The van der Waals surface area contributed by atoms with E-state index >= 15 is 0 Å². The average Bonchev–Trinajstić information content (AvgIpc) is 2.60. The van der Waals surface area contributed by atoms with Crippen LogP contribution in [-0.4, -0.2) is 52.6 Å². The second-order valence-corrected chi connectivity index (χ2v) is 7.29. The number of hydrogen-bond acceptors (Lipinski definition) is 6. The van der Waals surface area contributed by atoms with Gasteiger partial charge in [-0.05, 0) is 37.9 Å². The number of nitrogens with two attached hydrogens (primary N) is 1. The first-order valence-corrected chi connectivity index (χ1v) is 9.18. The Kier molecular flexibility index (Phi) is 5.60. The van der Waals surface area contributed by atoms with Crippen molar-refractivity contribution in [2.45, 2.75) is 38.8 Å². The van der Waals surface area contributed by atoms with Crippen LogP contribution in [0.3, 0.4) is 0 Å². The zero-order valence-electron chi connectivity index (χ0n) is 16.1. The summed E-state index contributed by atoms with van der Waals surface area (Å²) in [5.74, 6) is 0.118. The van der Waals surface area contributed by atoms with Gasteiger partial charge in [0.05, 0.1) is 0 Å². The minimum absolute atomic E-state index is 0.0473. The summed E-state index contributed by atoms with van der Waals surface area (Å²) in [6.07, 6.45) is 1.41. The van der Waals surface area contributed by atoms with Gasteiger partial charge in [-0.1, -0.05) is 24.3 Å². The van der Waals surface area contributed by atoms with Crippen molar-refractivity contribution < 1.29 is 9.90 Å². The van der Waals surface area contributed by atoms with Crippen LogP contribution >= 0.6 is 0 Å². The summed E-state index contributed by atoms with van der Waals surface area (Å²) in [6.45, 7) is 3.56. The van der Waals surface area contributed by atoms with Gasteiger partial charge in [0.1, 0.15) is 5.82 Å². The molecule has 2 aromatic rings. The van der Waals surface area contributed by atoms with E-state index in [1.807, 2.05) is 14.0 Å². The molecule has 1 aliphatic heterocycles. The fourth-order valence-corrected chi connectivity index (χ4v) is 3.77. The summed E-state index contributed by atoms with van der Waals surface area (Å²) in [7, 11) is 4.12. The zero-order valence-corrected chi connectivity index (χ0v) is 16.1. The molecule has 2 heterocycles. The Hall–Kier alpha value is -2.67. The van der Waals surface area contributed by atoms with Crippen molar-refractivity contribution in [1.82, 2.24) is 14.9 Å². The first-order valence-electron chi connectivity index (χ1n) is 9.18. The minimum atomic E-state index is -0.830. The van der Waals surface area contributed by atoms with E-state index in [1.165, 1.54) is 11.1 Å². The highest BCUT2D eigenvalue weighted by atomic mass is 16.4. The fourth-order valence-electron chi connectivity index (χ4n) is 3.77. The number of carboxylic acid groups (broad SMARTS) is 1. The largest absolute Gasteiger partial charge is 0.481 e. The molecule has 0 saturated carbocycles. The van der Waals surface area contributed by atoms with Gasteiger partial charge in [-0.25, -0.2) is 4.98 Å². The number of aryl methyl sites for hydroxylation is 1. The number of benzene rings is 1. The maximum absolute atomic E-state index is 11.0. The second kappa shape index (κ2) is 7.92. The summed E-state index contributed by atoms with van der Waals surface area (Å²) >= 11 is 0. The number of likely N-dealkylation sites (N-methyl/N-ethyl adjacent to an activating group) is 2. The molecular weight excluding hydrogens is 342 g/mol. The van der Waals surface area contributed by atoms with E-state index in [4.69, 9.17) is 10.8 Å². The monoisotopic (exact) mass is 369 g/mol. The van der Waals surface area contributed by atoms with Gasteiger partial charge in [-0.2, -0.15) is 4.98 Å². The van der Waals surface area contributed by atoms with Crippen LogP contribution in [-0.2, 0) is 24.2 Å². The summed E-state index contributed by atoms with van der Waals surface area (Å²) in [5.41, 5.74) is 10.2. The highest BCUT2D eigenvalue weighted by molar-refractivity contribution is 5.68. The molecule has 7 nitrogen and oxygen atoms in total. The maximum Gasteiger partial charge on any atom is 0.303 e. The number of fused-ring (bicyclic) bond motifs is 1. The smallest absolute Gasteiger partial charge is 0.303 e. The van der Waals surface area contributed by atoms with E-state index in [0.29, 0.717) is 12.5 Å². The Bertz CT molecular complexity index is 839. The Morgan fingerprint density at radius 2 is 2.04 bits per heavy atom. The molecule has 27 heavy (non-hydrogen) atoms. The number of carboxylic acids is 1. The third kappa shape index (κ3) is 4.36. The van der Waals surface area contributed by atoms with Crippen LogP contribution in [0.25, 0.3) is 0 Å². The van der Waals surface area contributed by atoms with Gasteiger partial charge in [-0.15, -0.1) is 0 Å². The highest BCUT2D eigenvalue weighted by Gasteiger charge is 2.25. The van der Waals surface area contributed by atoms with Crippen LogP contribution in [0.5, 0.6) is 0 Å². The van der Waals surface area contributed by atoms with Gasteiger partial charge in [-0.3, -0.25) is 9.69 Å². The Labute approximate surface area is 159 Å². The fraction of sp³-hybridized carbons (Fsp3) is 0.450. The van der Waals surface area contributed by atoms with Crippen molar-refractivity contribution in [2.24, 2.45) is 0 Å². The molecule has 7 heteroatoms. The summed E-state index contributed by atoms with van der Waals surface area (Å²) in [4.78, 5) is 24.1. The molecule has 1 atom stereocenters. The molecule has 3 rings (SSSR count). The van der Waals surface area contributed by atoms with Crippen molar-refractivity contribution in [2.75, 3.05) is 31.3 Å². The molecular formula is C20H27N5O2. The van der Waals surface area contributed by atoms with Crippen molar-refractivity contribution in [3.05, 3.63) is 46.6 Å². The van der Waals surface area contributed by atoms with E-state index < -0.39 is 5.97 Å². The third-order valence-corrected chi connectivity index (χ3v) is 5.26. The molecule has 0 radical (unpaired) electrons. The number of aromatic nitrogens is 2. The molecule has 0 spiro atoms. The van der Waals surface area contributed by atoms with E-state index in [-0.39, 0.29) is 12.4 Å². The van der Waals surface area contributed by atoms with Gasteiger partial charge < -0.3 is 15.7 Å². The maximum atomic E-state index is 11.0. The first-order chi connectivity index (χ1) is 12.8. The minimum Gasteiger partial charge on any atom is -0.481 e. The topological polar surface area (TPSA) is 95.6 Å². The van der Waals surface area contributed by atoms with Crippen molar-refractivity contribution in [3.63, 3.8) is 0 Å². The third-order valence-electron chi connectivity index (χ3n) is 5.26. The summed E-state index contributed by atoms with van der Waals surface area (Å²) in [5, 5.41) is 9.05. The normalized spacial score (nSPS) is 16.8. The molecule has 0 unspecified atom stereocenters. The molecule has 1 aromatic heterocycles. The van der Waals surface area contributed by atoms with Gasteiger partial charge >= 0.3 is 5.97 Å². The summed E-state index contributed by atoms with van der Waals surface area (Å²) in [6, 6.07) is 8.89. The van der Waals surface area contributed by atoms with Gasteiger partial charge in [0.15, 0.2) is 0 Å². The van der Waals surface area contributed by atoms with Crippen LogP contribution in [0.2, 0.25) is 0 Å². The standard InChI is InChI=1S/C20H27N5O2/c1-13-17(8-9-18(26)27)19(23-20(21)22-13)25(3)12-16-10-14-6-4-5-7-15(14)11-24(16)2/h4-7,16H,8-12H2,1-3H3,(H,26,27)(H2,21,22,23)/t16-/m0/s1. The van der Waals surface area contributed by atoms with Crippen LogP contribution in [0, 0.1) is 6.92 Å². The number of carbonyl (C=O) groups is 1. The highest BCUT2D eigenvalue weighted by Crippen LogP contribution is 2.26. The van der Waals surface area contributed by atoms with Crippen LogP contribution in [0.15, 0.2) is 24.3 Å². The van der Waals surface area contributed by atoms with Crippen LogP contribution in [0.4, 0.5) is 11.8 Å². The molecule has 0 amide bonds. The molecule has 3 N–H and O–H groups in total. The predicted molar refractivity (Wildman–Crippen MR) is 106 cm³/mol. The average molecular weight is 369 g/mol. The molecule has 0 bridgehead atoms. The zero-order chi connectivity index (χ0) is 19.6. The van der Waals surface area contributed by atoms with Crippen molar-refractivity contribution >= 4 is 17.7 Å². The first kappa shape index (κ1) is 19.1. The van der Waals surface area contributed by atoms with Gasteiger partial charge in [0.25, 0.3) is 0 Å². The Morgan fingerprint density at radius 1 is 1.33 bits per heavy atom. The lowest BCUT2D eigenvalue weighted by atomic mass is 9.94. The molecule has 144 valence electrons. The molecule has 1 aliphatic rings. The van der Waals surface area contributed by atoms with E-state index in [9.17, 15) is 4.79 Å². The number of aliphatic carboxylic acids is 1.